The molecule has 0 amide bonds. The second-order valence-electron chi connectivity index (χ2n) is 5.69. The zero-order chi connectivity index (χ0) is 17.0. The standard InChI is InChI=1S/C18H19FN2O2S/c19-18-11-12-20(13-16-7-3-1-4-8-16)24(22,23)21(15-18)14-17-9-5-2-6-10-17/h1-11H,12-15H2. The van der Waals surface area contributed by atoms with Crippen molar-refractivity contribution in [1.82, 2.24) is 8.61 Å². The van der Waals surface area contributed by atoms with E-state index in [0.717, 1.165) is 11.1 Å². The van der Waals surface area contributed by atoms with Gasteiger partial charge >= 0.3 is 0 Å². The molecule has 1 aliphatic rings. The summed E-state index contributed by atoms with van der Waals surface area (Å²) in [6.45, 7) is 0.171. The van der Waals surface area contributed by atoms with Gasteiger partial charge in [0.15, 0.2) is 0 Å². The summed E-state index contributed by atoms with van der Waals surface area (Å²) in [5.74, 6) is -0.426. The van der Waals surface area contributed by atoms with Crippen molar-refractivity contribution in [1.29, 1.82) is 0 Å². The third-order valence-corrected chi connectivity index (χ3v) is 5.74. The number of hydrogen-bond donors (Lipinski definition) is 0. The van der Waals surface area contributed by atoms with Gasteiger partial charge in [0.2, 0.25) is 0 Å². The van der Waals surface area contributed by atoms with Gasteiger partial charge in [0, 0.05) is 19.6 Å². The second-order valence-corrected chi connectivity index (χ2v) is 7.62. The summed E-state index contributed by atoms with van der Waals surface area (Å²) in [5.41, 5.74) is 1.70. The Morgan fingerprint density at radius 3 is 1.88 bits per heavy atom. The maximum atomic E-state index is 14.0. The van der Waals surface area contributed by atoms with E-state index in [2.05, 4.69) is 0 Å². The predicted molar refractivity (Wildman–Crippen MR) is 91.8 cm³/mol. The first kappa shape index (κ1) is 16.8. The molecule has 0 saturated heterocycles. The molecular formula is C18H19FN2O2S. The minimum absolute atomic E-state index is 0.0361. The number of hydrogen-bond acceptors (Lipinski definition) is 2. The van der Waals surface area contributed by atoms with Gasteiger partial charge in [-0.3, -0.25) is 0 Å². The third kappa shape index (κ3) is 3.90. The first-order valence-electron chi connectivity index (χ1n) is 7.73. The topological polar surface area (TPSA) is 40.6 Å². The molecule has 24 heavy (non-hydrogen) atoms. The van der Waals surface area contributed by atoms with E-state index in [1.165, 1.54) is 14.7 Å². The SMILES string of the molecule is O=S1(=O)N(Cc2ccccc2)CC=C(F)CN1Cc1ccccc1. The van der Waals surface area contributed by atoms with Crippen molar-refractivity contribution in [2.24, 2.45) is 0 Å². The fourth-order valence-corrected chi connectivity index (χ4v) is 4.13. The Labute approximate surface area is 142 Å². The Morgan fingerprint density at radius 2 is 1.33 bits per heavy atom. The van der Waals surface area contributed by atoms with Crippen LogP contribution in [0.2, 0.25) is 0 Å². The van der Waals surface area contributed by atoms with Crippen molar-refractivity contribution in [3.8, 4) is 0 Å². The number of benzene rings is 2. The van der Waals surface area contributed by atoms with Crippen molar-refractivity contribution < 1.29 is 12.8 Å². The van der Waals surface area contributed by atoms with E-state index in [-0.39, 0.29) is 26.2 Å². The van der Waals surface area contributed by atoms with Gasteiger partial charge in [-0.05, 0) is 17.2 Å². The van der Waals surface area contributed by atoms with Gasteiger partial charge in [0.05, 0.1) is 6.54 Å². The molecule has 0 aliphatic carbocycles. The largest absolute Gasteiger partial charge is 0.283 e. The summed E-state index contributed by atoms with van der Waals surface area (Å²) in [6, 6.07) is 18.5. The van der Waals surface area contributed by atoms with Crippen molar-refractivity contribution in [3.63, 3.8) is 0 Å². The van der Waals surface area contributed by atoms with Crippen LogP contribution in [0.3, 0.4) is 0 Å². The lowest BCUT2D eigenvalue weighted by Crippen LogP contribution is -2.42. The summed E-state index contributed by atoms with van der Waals surface area (Å²) in [7, 11) is -3.76. The van der Waals surface area contributed by atoms with Crippen LogP contribution in [-0.2, 0) is 23.3 Å². The van der Waals surface area contributed by atoms with Crippen LogP contribution in [0.25, 0.3) is 0 Å². The molecule has 0 spiro atoms. The Balaban J connectivity index is 1.87. The highest BCUT2D eigenvalue weighted by Crippen LogP contribution is 2.21. The van der Waals surface area contributed by atoms with E-state index >= 15 is 0 Å². The maximum Gasteiger partial charge on any atom is 0.283 e. The van der Waals surface area contributed by atoms with Crippen LogP contribution in [0.1, 0.15) is 11.1 Å². The fraction of sp³-hybridized carbons (Fsp3) is 0.222. The molecule has 0 saturated carbocycles. The summed E-state index contributed by atoms with van der Waals surface area (Å²) >= 11 is 0. The normalized spacial score (nSPS) is 18.8. The number of rotatable bonds is 4. The molecular weight excluding hydrogens is 327 g/mol. The summed E-state index contributed by atoms with van der Waals surface area (Å²) < 4.78 is 42.3. The molecule has 0 fully saturated rings. The van der Waals surface area contributed by atoms with Gasteiger partial charge in [-0.25, -0.2) is 4.39 Å². The van der Waals surface area contributed by atoms with Crippen LogP contribution in [0.15, 0.2) is 72.6 Å². The monoisotopic (exact) mass is 346 g/mol. The minimum atomic E-state index is -3.76. The van der Waals surface area contributed by atoms with Gasteiger partial charge in [0.25, 0.3) is 10.2 Å². The highest BCUT2D eigenvalue weighted by molar-refractivity contribution is 7.86. The fourth-order valence-electron chi connectivity index (χ4n) is 2.63. The van der Waals surface area contributed by atoms with Gasteiger partial charge < -0.3 is 0 Å². The first-order chi connectivity index (χ1) is 11.6. The molecule has 0 bridgehead atoms. The van der Waals surface area contributed by atoms with Crippen LogP contribution in [0.4, 0.5) is 4.39 Å². The molecule has 0 radical (unpaired) electrons. The van der Waals surface area contributed by atoms with E-state index < -0.39 is 16.0 Å². The van der Waals surface area contributed by atoms with Gasteiger partial charge in [-0.15, -0.1) is 0 Å². The molecule has 0 unspecified atom stereocenters. The molecule has 4 nitrogen and oxygen atoms in total. The van der Waals surface area contributed by atoms with Crippen molar-refractivity contribution in [3.05, 3.63) is 83.7 Å². The van der Waals surface area contributed by atoms with E-state index in [1.54, 1.807) is 0 Å². The second kappa shape index (κ2) is 7.25. The van der Waals surface area contributed by atoms with Crippen molar-refractivity contribution in [2.75, 3.05) is 13.1 Å². The number of nitrogens with zero attached hydrogens (tertiary/aromatic N) is 2. The Hall–Kier alpha value is -2.02. The summed E-state index contributed by atoms with van der Waals surface area (Å²) in [5, 5.41) is 0. The highest BCUT2D eigenvalue weighted by Gasteiger charge is 2.32. The molecule has 2 aromatic carbocycles. The van der Waals surface area contributed by atoms with Crippen LogP contribution in [0.5, 0.6) is 0 Å². The van der Waals surface area contributed by atoms with Gasteiger partial charge in [-0.1, -0.05) is 60.7 Å². The summed E-state index contributed by atoms with van der Waals surface area (Å²) in [4.78, 5) is 0. The molecule has 0 aromatic heterocycles. The lowest BCUT2D eigenvalue weighted by atomic mass is 10.2. The van der Waals surface area contributed by atoms with Gasteiger partial charge in [-0.2, -0.15) is 17.0 Å². The molecule has 1 heterocycles. The predicted octanol–water partition coefficient (Wildman–Crippen LogP) is 3.10. The Kier molecular flexibility index (Phi) is 5.08. The first-order valence-corrected chi connectivity index (χ1v) is 9.13. The van der Waals surface area contributed by atoms with Crippen molar-refractivity contribution in [2.45, 2.75) is 13.1 Å². The van der Waals surface area contributed by atoms with Crippen LogP contribution < -0.4 is 0 Å². The van der Waals surface area contributed by atoms with Crippen LogP contribution in [-0.4, -0.2) is 30.1 Å². The average Bonchev–Trinajstić information content (AvgIpc) is 2.68. The lowest BCUT2D eigenvalue weighted by Gasteiger charge is -2.27. The molecule has 0 N–H and O–H groups in total. The Morgan fingerprint density at radius 1 is 0.833 bits per heavy atom. The highest BCUT2D eigenvalue weighted by atomic mass is 32.2. The summed E-state index contributed by atoms with van der Waals surface area (Å²) in [6.07, 6.45) is 1.34. The molecule has 126 valence electrons. The zero-order valence-electron chi connectivity index (χ0n) is 13.2. The zero-order valence-corrected chi connectivity index (χ0v) is 14.0. The third-order valence-electron chi connectivity index (χ3n) is 3.90. The smallest absolute Gasteiger partial charge is 0.211 e. The Bertz CT molecular complexity index is 807. The van der Waals surface area contributed by atoms with Crippen molar-refractivity contribution >= 4 is 10.2 Å². The molecule has 1 aliphatic heterocycles. The average molecular weight is 346 g/mol. The van der Waals surface area contributed by atoms with Gasteiger partial charge in [0.1, 0.15) is 5.83 Å². The molecule has 0 atom stereocenters. The molecule has 3 rings (SSSR count). The van der Waals surface area contributed by atoms with E-state index in [1.807, 2.05) is 60.7 Å². The lowest BCUT2D eigenvalue weighted by molar-refractivity contribution is 0.353. The minimum Gasteiger partial charge on any atom is -0.211 e. The van der Waals surface area contributed by atoms with E-state index in [4.69, 9.17) is 0 Å². The number of halogens is 1. The van der Waals surface area contributed by atoms with E-state index in [9.17, 15) is 12.8 Å². The van der Waals surface area contributed by atoms with Crippen LogP contribution in [0, 0.1) is 0 Å². The molecule has 2 aromatic rings. The van der Waals surface area contributed by atoms with E-state index in [0.29, 0.717) is 0 Å². The quantitative estimate of drug-likeness (QED) is 0.853. The molecule has 6 heteroatoms. The van der Waals surface area contributed by atoms with Crippen LogP contribution >= 0.6 is 0 Å². The maximum absolute atomic E-state index is 14.0.